The van der Waals surface area contributed by atoms with E-state index in [1.807, 2.05) is 47.9 Å². The molecule has 3 nitrogen and oxygen atoms in total. The number of thioether (sulfide) groups is 1. The Balaban J connectivity index is 2.10. The number of unbranched alkanes of at least 4 members (excludes halogenated alkanes) is 1. The number of nitrogens with one attached hydrogen (secondary N) is 1. The summed E-state index contributed by atoms with van der Waals surface area (Å²) in [7, 11) is 0. The van der Waals surface area contributed by atoms with E-state index in [0.717, 1.165) is 37.1 Å². The molecule has 1 N–H and O–H groups in total. The average Bonchev–Trinajstić information content (AvgIpc) is 2.80. The molecule has 2 unspecified atom stereocenters. The van der Waals surface area contributed by atoms with Crippen molar-refractivity contribution in [3.8, 4) is 0 Å². The maximum atomic E-state index is 12.5. The molecule has 1 aliphatic rings. The van der Waals surface area contributed by atoms with Crippen molar-refractivity contribution < 1.29 is 4.79 Å². The van der Waals surface area contributed by atoms with Crippen LogP contribution in [0.25, 0.3) is 0 Å². The average molecular weight is 327 g/mol. The first kappa shape index (κ1) is 16.7. The predicted octanol–water partition coefficient (Wildman–Crippen LogP) is 3.69. The lowest BCUT2D eigenvalue weighted by molar-refractivity contribution is -0.130. The fraction of sp³-hybridized carbons (Fsp3) is 0.562. The van der Waals surface area contributed by atoms with Crippen molar-refractivity contribution >= 4 is 29.3 Å². The van der Waals surface area contributed by atoms with E-state index in [4.69, 9.17) is 11.6 Å². The highest BCUT2D eigenvalue weighted by atomic mass is 35.5. The van der Waals surface area contributed by atoms with Gasteiger partial charge in [-0.1, -0.05) is 30.7 Å². The third-order valence-corrected chi connectivity index (χ3v) is 4.75. The summed E-state index contributed by atoms with van der Waals surface area (Å²) in [4.78, 5) is 14.5. The summed E-state index contributed by atoms with van der Waals surface area (Å²) in [6.07, 6.45) is 5.07. The van der Waals surface area contributed by atoms with E-state index in [1.54, 1.807) is 0 Å². The first-order valence-corrected chi connectivity index (χ1v) is 9.25. The highest BCUT2D eigenvalue weighted by molar-refractivity contribution is 7.98. The summed E-state index contributed by atoms with van der Waals surface area (Å²) in [6, 6.07) is 7.70. The smallest absolute Gasteiger partial charge is 0.241 e. The van der Waals surface area contributed by atoms with Crippen molar-refractivity contribution in [2.45, 2.75) is 38.4 Å². The monoisotopic (exact) mass is 326 g/mol. The van der Waals surface area contributed by atoms with Crippen LogP contribution in [-0.2, 0) is 4.79 Å². The Morgan fingerprint density at radius 1 is 1.38 bits per heavy atom. The summed E-state index contributed by atoms with van der Waals surface area (Å²) in [5.74, 6) is 1.36. The molecule has 0 aromatic heterocycles. The van der Waals surface area contributed by atoms with Gasteiger partial charge in [0, 0.05) is 11.6 Å². The van der Waals surface area contributed by atoms with Crippen molar-refractivity contribution in [2.24, 2.45) is 0 Å². The van der Waals surface area contributed by atoms with E-state index < -0.39 is 0 Å². The minimum atomic E-state index is -0.0745. The van der Waals surface area contributed by atoms with Crippen LogP contribution >= 0.6 is 23.4 Å². The van der Waals surface area contributed by atoms with Crippen molar-refractivity contribution in [3.63, 3.8) is 0 Å². The quantitative estimate of drug-likeness (QED) is 0.776. The molecule has 1 amide bonds. The first-order valence-electron chi connectivity index (χ1n) is 7.48. The summed E-state index contributed by atoms with van der Waals surface area (Å²) >= 11 is 7.94. The van der Waals surface area contributed by atoms with Gasteiger partial charge in [0.15, 0.2) is 0 Å². The van der Waals surface area contributed by atoms with E-state index in [-0.39, 0.29) is 18.1 Å². The number of carbonyl (C=O) groups excluding carboxylic acids is 1. The van der Waals surface area contributed by atoms with Crippen LogP contribution in [-0.4, -0.2) is 35.4 Å². The third-order valence-electron chi connectivity index (χ3n) is 3.82. The van der Waals surface area contributed by atoms with Gasteiger partial charge in [-0.25, -0.2) is 0 Å². The van der Waals surface area contributed by atoms with E-state index in [1.165, 1.54) is 0 Å². The van der Waals surface area contributed by atoms with Crippen LogP contribution in [0.3, 0.4) is 0 Å². The second kappa shape index (κ2) is 8.06. The fourth-order valence-corrected chi connectivity index (χ4v) is 3.38. The molecule has 2 rings (SSSR count). The van der Waals surface area contributed by atoms with Gasteiger partial charge >= 0.3 is 0 Å². The van der Waals surface area contributed by atoms with Crippen LogP contribution in [0, 0.1) is 0 Å². The van der Waals surface area contributed by atoms with Gasteiger partial charge in [0.2, 0.25) is 5.91 Å². The number of hydrogen-bond donors (Lipinski definition) is 1. The SMILES string of the molecule is CCC1NC(c2cccc(Cl)c2)N(CCCCSC)C1=O. The molecule has 116 valence electrons. The van der Waals surface area contributed by atoms with Crippen molar-refractivity contribution in [1.29, 1.82) is 0 Å². The molecular weight excluding hydrogens is 304 g/mol. The minimum absolute atomic E-state index is 0.0459. The van der Waals surface area contributed by atoms with Crippen molar-refractivity contribution in [1.82, 2.24) is 10.2 Å². The summed E-state index contributed by atoms with van der Waals surface area (Å²) in [5.41, 5.74) is 1.07. The molecule has 2 atom stereocenters. The molecule has 5 heteroatoms. The van der Waals surface area contributed by atoms with Gasteiger partial charge in [0.1, 0.15) is 6.17 Å². The van der Waals surface area contributed by atoms with E-state index in [9.17, 15) is 4.79 Å². The van der Waals surface area contributed by atoms with Crippen LogP contribution in [0.1, 0.15) is 37.9 Å². The van der Waals surface area contributed by atoms with Crippen LogP contribution in [0.4, 0.5) is 0 Å². The Morgan fingerprint density at radius 2 is 2.19 bits per heavy atom. The van der Waals surface area contributed by atoms with E-state index >= 15 is 0 Å². The van der Waals surface area contributed by atoms with E-state index in [2.05, 4.69) is 11.6 Å². The lowest BCUT2D eigenvalue weighted by Gasteiger charge is -2.24. The zero-order valence-corrected chi connectivity index (χ0v) is 14.2. The largest absolute Gasteiger partial charge is 0.322 e. The Morgan fingerprint density at radius 3 is 2.86 bits per heavy atom. The lowest BCUT2D eigenvalue weighted by Crippen LogP contribution is -2.32. The van der Waals surface area contributed by atoms with Gasteiger partial charge in [-0.05, 0) is 49.0 Å². The van der Waals surface area contributed by atoms with Gasteiger partial charge in [0.25, 0.3) is 0 Å². The topological polar surface area (TPSA) is 32.3 Å². The summed E-state index contributed by atoms with van der Waals surface area (Å²) in [6.45, 7) is 2.85. The summed E-state index contributed by atoms with van der Waals surface area (Å²) in [5, 5.41) is 4.15. The number of halogens is 1. The van der Waals surface area contributed by atoms with Crippen LogP contribution < -0.4 is 5.32 Å². The van der Waals surface area contributed by atoms with E-state index in [0.29, 0.717) is 5.02 Å². The molecule has 21 heavy (non-hydrogen) atoms. The van der Waals surface area contributed by atoms with Crippen LogP contribution in [0.15, 0.2) is 24.3 Å². The molecule has 0 spiro atoms. The number of carbonyl (C=O) groups is 1. The molecule has 0 saturated carbocycles. The number of rotatable bonds is 7. The Kier molecular flexibility index (Phi) is 6.40. The minimum Gasteiger partial charge on any atom is -0.322 e. The van der Waals surface area contributed by atoms with Crippen molar-refractivity contribution in [2.75, 3.05) is 18.6 Å². The van der Waals surface area contributed by atoms with Gasteiger partial charge in [0.05, 0.1) is 6.04 Å². The summed E-state index contributed by atoms with van der Waals surface area (Å²) < 4.78 is 0. The Labute approximate surface area is 136 Å². The molecule has 0 bridgehead atoms. The van der Waals surface area contributed by atoms with Gasteiger partial charge in [-0.3, -0.25) is 10.1 Å². The first-order chi connectivity index (χ1) is 10.2. The molecule has 0 aliphatic carbocycles. The molecule has 1 aromatic rings. The molecular formula is C16H23ClN2OS. The highest BCUT2D eigenvalue weighted by Crippen LogP contribution is 2.28. The number of benzene rings is 1. The van der Waals surface area contributed by atoms with Gasteiger partial charge in [-0.15, -0.1) is 0 Å². The lowest BCUT2D eigenvalue weighted by atomic mass is 10.1. The normalized spacial score (nSPS) is 22.0. The molecule has 0 radical (unpaired) electrons. The molecule has 1 aliphatic heterocycles. The standard InChI is InChI=1S/C16H23ClN2OS/c1-3-14-16(20)19(9-4-5-10-21-2)15(18-14)12-7-6-8-13(17)11-12/h6-8,11,14-15,18H,3-5,9-10H2,1-2H3. The maximum Gasteiger partial charge on any atom is 0.241 e. The number of hydrogen-bond acceptors (Lipinski definition) is 3. The molecule has 1 fully saturated rings. The van der Waals surface area contributed by atoms with Gasteiger partial charge < -0.3 is 4.90 Å². The van der Waals surface area contributed by atoms with Gasteiger partial charge in [-0.2, -0.15) is 11.8 Å². The zero-order chi connectivity index (χ0) is 15.2. The molecule has 1 aromatic carbocycles. The second-order valence-electron chi connectivity index (χ2n) is 5.32. The van der Waals surface area contributed by atoms with Crippen LogP contribution in [0.5, 0.6) is 0 Å². The Bertz CT molecular complexity index is 483. The second-order valence-corrected chi connectivity index (χ2v) is 6.74. The Hall–Kier alpha value is -0.710. The predicted molar refractivity (Wildman–Crippen MR) is 90.7 cm³/mol. The van der Waals surface area contributed by atoms with Crippen LogP contribution in [0.2, 0.25) is 5.02 Å². The maximum absolute atomic E-state index is 12.5. The van der Waals surface area contributed by atoms with Crippen molar-refractivity contribution in [3.05, 3.63) is 34.9 Å². The molecule has 1 saturated heterocycles. The molecule has 1 heterocycles. The number of nitrogens with zero attached hydrogens (tertiary/aromatic N) is 1. The highest BCUT2D eigenvalue weighted by Gasteiger charge is 2.38. The third kappa shape index (κ3) is 4.15. The fourth-order valence-electron chi connectivity index (χ4n) is 2.69. The number of amides is 1. The zero-order valence-electron chi connectivity index (χ0n) is 12.6.